The van der Waals surface area contributed by atoms with Crippen LogP contribution in [0.2, 0.25) is 5.02 Å². The normalized spacial score (nSPS) is 10.2. The van der Waals surface area contributed by atoms with Crippen molar-refractivity contribution in [2.75, 3.05) is 0 Å². The number of para-hydroxylation sites is 1. The summed E-state index contributed by atoms with van der Waals surface area (Å²) >= 11 is 8.08. The van der Waals surface area contributed by atoms with Gasteiger partial charge in [-0.3, -0.25) is 4.79 Å². The molecule has 0 saturated heterocycles. The van der Waals surface area contributed by atoms with E-state index in [4.69, 9.17) is 11.6 Å². The van der Waals surface area contributed by atoms with Crippen molar-refractivity contribution in [2.45, 2.75) is 6.54 Å². The lowest BCUT2D eigenvalue weighted by atomic mass is 10.2. The Bertz CT molecular complexity index is 616. The van der Waals surface area contributed by atoms with E-state index >= 15 is 0 Å². The Morgan fingerprint density at radius 3 is 2.68 bits per heavy atom. The van der Waals surface area contributed by atoms with E-state index in [1.807, 2.05) is 6.07 Å². The Morgan fingerprint density at radius 1 is 1.26 bits per heavy atom. The molecule has 2 aromatic carbocycles. The van der Waals surface area contributed by atoms with Gasteiger partial charge in [0, 0.05) is 21.2 Å². The summed E-state index contributed by atoms with van der Waals surface area (Å²) in [5.41, 5.74) is 1.17. The average Bonchev–Trinajstić information content (AvgIpc) is 2.40. The molecule has 0 aliphatic carbocycles. The number of phenols is 1. The monoisotopic (exact) mass is 387 g/mol. The second-order valence-electron chi connectivity index (χ2n) is 3.94. The summed E-state index contributed by atoms with van der Waals surface area (Å²) in [5.74, 6) is -0.0509. The van der Waals surface area contributed by atoms with Crippen LogP contribution in [-0.4, -0.2) is 11.0 Å². The van der Waals surface area contributed by atoms with Crippen molar-refractivity contribution in [1.82, 2.24) is 5.32 Å². The van der Waals surface area contributed by atoms with Crippen molar-refractivity contribution >= 4 is 40.1 Å². The maximum atomic E-state index is 11.9. The summed E-state index contributed by atoms with van der Waals surface area (Å²) in [6.45, 7) is 0.273. The number of carbonyl (C=O) groups is 1. The Labute approximate surface area is 129 Å². The molecule has 98 valence electrons. The predicted octanol–water partition coefficient (Wildman–Crippen LogP) is 3.58. The standard InChI is InChI=1S/C14H11ClINO2/c15-11-7-9(5-6-12(11)16)14(19)17-8-10-3-1-2-4-13(10)18/h1-7,18H,8H2,(H,17,19). The molecule has 0 aromatic heterocycles. The summed E-state index contributed by atoms with van der Waals surface area (Å²) in [6.07, 6.45) is 0. The molecular weight excluding hydrogens is 377 g/mol. The van der Waals surface area contributed by atoms with Gasteiger partial charge in [-0.25, -0.2) is 0 Å². The van der Waals surface area contributed by atoms with E-state index in [0.29, 0.717) is 16.1 Å². The lowest BCUT2D eigenvalue weighted by molar-refractivity contribution is 0.0950. The van der Waals surface area contributed by atoms with Crippen molar-refractivity contribution in [3.8, 4) is 5.75 Å². The molecule has 2 rings (SSSR count). The van der Waals surface area contributed by atoms with Gasteiger partial charge in [0.05, 0.1) is 5.02 Å². The highest BCUT2D eigenvalue weighted by Crippen LogP contribution is 2.20. The highest BCUT2D eigenvalue weighted by molar-refractivity contribution is 14.1. The van der Waals surface area contributed by atoms with Crippen LogP contribution < -0.4 is 5.32 Å². The van der Waals surface area contributed by atoms with Gasteiger partial charge in [-0.15, -0.1) is 0 Å². The fraction of sp³-hybridized carbons (Fsp3) is 0.0714. The number of rotatable bonds is 3. The molecule has 0 heterocycles. The van der Waals surface area contributed by atoms with E-state index in [0.717, 1.165) is 3.57 Å². The van der Waals surface area contributed by atoms with Gasteiger partial charge in [-0.1, -0.05) is 29.8 Å². The number of hydrogen-bond acceptors (Lipinski definition) is 2. The van der Waals surface area contributed by atoms with Crippen molar-refractivity contribution < 1.29 is 9.90 Å². The van der Waals surface area contributed by atoms with Gasteiger partial charge in [0.1, 0.15) is 5.75 Å². The van der Waals surface area contributed by atoms with Gasteiger partial charge < -0.3 is 10.4 Å². The minimum Gasteiger partial charge on any atom is -0.508 e. The topological polar surface area (TPSA) is 49.3 Å². The number of phenolic OH excluding ortho intramolecular Hbond substituents is 1. The molecule has 2 aromatic rings. The summed E-state index contributed by atoms with van der Waals surface area (Å²) < 4.78 is 0.900. The first-order valence-electron chi connectivity index (χ1n) is 5.58. The molecule has 0 aliphatic heterocycles. The summed E-state index contributed by atoms with van der Waals surface area (Å²) in [4.78, 5) is 11.9. The molecule has 0 bridgehead atoms. The van der Waals surface area contributed by atoms with E-state index in [-0.39, 0.29) is 18.2 Å². The first-order valence-corrected chi connectivity index (χ1v) is 7.03. The lowest BCUT2D eigenvalue weighted by Crippen LogP contribution is -2.22. The molecule has 3 nitrogen and oxygen atoms in total. The van der Waals surface area contributed by atoms with Crippen LogP contribution in [0.4, 0.5) is 0 Å². The van der Waals surface area contributed by atoms with Gasteiger partial charge in [-0.2, -0.15) is 0 Å². The lowest BCUT2D eigenvalue weighted by Gasteiger charge is -2.07. The molecule has 0 fully saturated rings. The first kappa shape index (κ1) is 14.1. The van der Waals surface area contributed by atoms with Gasteiger partial charge in [-0.05, 0) is 46.9 Å². The van der Waals surface area contributed by atoms with E-state index < -0.39 is 0 Å². The minimum absolute atomic E-state index is 0.170. The van der Waals surface area contributed by atoms with Gasteiger partial charge in [0.2, 0.25) is 0 Å². The number of amides is 1. The molecular formula is C14H11ClINO2. The molecule has 1 amide bonds. The van der Waals surface area contributed by atoms with Gasteiger partial charge in [0.25, 0.3) is 5.91 Å². The molecule has 0 atom stereocenters. The largest absolute Gasteiger partial charge is 0.508 e. The first-order chi connectivity index (χ1) is 9.08. The molecule has 0 saturated carbocycles. The molecule has 5 heteroatoms. The van der Waals surface area contributed by atoms with Crippen LogP contribution in [0.25, 0.3) is 0 Å². The number of benzene rings is 2. The molecule has 0 radical (unpaired) electrons. The highest BCUT2D eigenvalue weighted by Gasteiger charge is 2.08. The number of halogens is 2. The van der Waals surface area contributed by atoms with E-state index in [1.165, 1.54) is 0 Å². The quantitative estimate of drug-likeness (QED) is 0.791. The number of nitrogens with one attached hydrogen (secondary N) is 1. The Kier molecular flexibility index (Phi) is 4.66. The zero-order valence-corrected chi connectivity index (χ0v) is 12.8. The number of aromatic hydroxyl groups is 1. The number of hydrogen-bond donors (Lipinski definition) is 2. The van der Waals surface area contributed by atoms with Gasteiger partial charge in [0.15, 0.2) is 0 Å². The van der Waals surface area contributed by atoms with Crippen molar-refractivity contribution in [3.63, 3.8) is 0 Å². The Hall–Kier alpha value is -1.27. The maximum absolute atomic E-state index is 11.9. The zero-order valence-electron chi connectivity index (χ0n) is 9.86. The van der Waals surface area contributed by atoms with Crippen LogP contribution >= 0.6 is 34.2 Å². The summed E-state index contributed by atoms with van der Waals surface area (Å²) in [5, 5.41) is 12.9. The van der Waals surface area contributed by atoms with Crippen molar-refractivity contribution in [3.05, 3.63) is 62.2 Å². The second kappa shape index (κ2) is 6.25. The van der Waals surface area contributed by atoms with Crippen LogP contribution in [0, 0.1) is 3.57 Å². The Balaban J connectivity index is 2.05. The number of carbonyl (C=O) groups excluding carboxylic acids is 1. The van der Waals surface area contributed by atoms with Crippen molar-refractivity contribution in [1.29, 1.82) is 0 Å². The third-order valence-electron chi connectivity index (χ3n) is 2.61. The zero-order chi connectivity index (χ0) is 13.8. The molecule has 0 spiro atoms. The van der Waals surface area contributed by atoms with Crippen LogP contribution in [0.1, 0.15) is 15.9 Å². The van der Waals surface area contributed by atoms with Crippen LogP contribution in [0.5, 0.6) is 5.75 Å². The van der Waals surface area contributed by atoms with E-state index in [1.54, 1.807) is 36.4 Å². The Morgan fingerprint density at radius 2 is 2.00 bits per heavy atom. The summed E-state index contributed by atoms with van der Waals surface area (Å²) in [6, 6.07) is 12.0. The smallest absolute Gasteiger partial charge is 0.251 e. The third-order valence-corrected chi connectivity index (χ3v) is 4.19. The van der Waals surface area contributed by atoms with Gasteiger partial charge >= 0.3 is 0 Å². The SMILES string of the molecule is O=C(NCc1ccccc1O)c1ccc(I)c(Cl)c1. The van der Waals surface area contributed by atoms with Crippen molar-refractivity contribution in [2.24, 2.45) is 0 Å². The predicted molar refractivity (Wildman–Crippen MR) is 83.4 cm³/mol. The fourth-order valence-corrected chi connectivity index (χ4v) is 2.09. The fourth-order valence-electron chi connectivity index (χ4n) is 1.58. The molecule has 2 N–H and O–H groups in total. The molecule has 0 aliphatic rings. The second-order valence-corrected chi connectivity index (χ2v) is 5.51. The molecule has 19 heavy (non-hydrogen) atoms. The van der Waals surface area contributed by atoms with E-state index in [9.17, 15) is 9.90 Å². The third kappa shape index (κ3) is 3.61. The van der Waals surface area contributed by atoms with E-state index in [2.05, 4.69) is 27.9 Å². The summed E-state index contributed by atoms with van der Waals surface area (Å²) in [7, 11) is 0. The average molecular weight is 388 g/mol. The van der Waals surface area contributed by atoms with Crippen LogP contribution in [0.3, 0.4) is 0 Å². The van der Waals surface area contributed by atoms with Crippen LogP contribution in [-0.2, 0) is 6.54 Å². The van der Waals surface area contributed by atoms with Crippen LogP contribution in [0.15, 0.2) is 42.5 Å². The maximum Gasteiger partial charge on any atom is 0.251 e. The highest BCUT2D eigenvalue weighted by atomic mass is 127. The minimum atomic E-state index is -0.221. The molecule has 0 unspecified atom stereocenters.